The summed E-state index contributed by atoms with van der Waals surface area (Å²) in [5, 5.41) is 2.91. The third-order valence-corrected chi connectivity index (χ3v) is 4.96. The third-order valence-electron chi connectivity index (χ3n) is 4.96. The number of ether oxygens (including phenoxy) is 1. The van der Waals surface area contributed by atoms with Crippen molar-refractivity contribution in [3.63, 3.8) is 0 Å². The van der Waals surface area contributed by atoms with E-state index < -0.39 is 0 Å². The van der Waals surface area contributed by atoms with Crippen LogP contribution in [0.25, 0.3) is 0 Å². The van der Waals surface area contributed by atoms with Gasteiger partial charge in [-0.05, 0) is 36.6 Å². The Hall–Kier alpha value is -3.19. The molecule has 1 aliphatic carbocycles. The summed E-state index contributed by atoms with van der Waals surface area (Å²) >= 11 is 0. The van der Waals surface area contributed by atoms with Crippen LogP contribution in [-0.4, -0.2) is 28.9 Å². The van der Waals surface area contributed by atoms with Gasteiger partial charge in [-0.1, -0.05) is 30.3 Å². The molecule has 1 saturated carbocycles. The molecule has 0 atom stereocenters. The molecule has 1 aromatic heterocycles. The fourth-order valence-electron chi connectivity index (χ4n) is 3.26. The Balaban J connectivity index is 1.51. The molecule has 0 saturated heterocycles. The van der Waals surface area contributed by atoms with Crippen molar-refractivity contribution in [3.05, 3.63) is 83.3 Å². The molecular weight excluding hydrogens is 385 g/mol. The summed E-state index contributed by atoms with van der Waals surface area (Å²) in [7, 11) is 1.64. The number of para-hydroxylation sites is 1. The Morgan fingerprint density at radius 3 is 2.67 bits per heavy atom. The first-order chi connectivity index (χ1) is 14.6. The second-order valence-electron chi connectivity index (χ2n) is 7.46. The number of amides is 1. The molecule has 2 aromatic carbocycles. The Labute approximate surface area is 174 Å². The average Bonchev–Trinajstić information content (AvgIpc) is 3.44. The van der Waals surface area contributed by atoms with E-state index in [1.807, 2.05) is 24.3 Å². The lowest BCUT2D eigenvalue weighted by Crippen LogP contribution is -2.26. The molecule has 0 bridgehead atoms. The summed E-state index contributed by atoms with van der Waals surface area (Å²) in [6.07, 6.45) is 3.42. The highest BCUT2D eigenvalue weighted by Gasteiger charge is 2.25. The number of nitrogens with one attached hydrogen (secondary N) is 1. The number of nitrogens with zero attached hydrogens (tertiary/aromatic N) is 2. The number of oxazole rings is 1. The van der Waals surface area contributed by atoms with E-state index in [0.717, 1.165) is 29.7 Å². The Bertz CT molecular complexity index is 999. The standard InChI is InChI=1S/C23H24FN3O3/c1-29-21-5-3-2-4-17(21)13-27(12-16-6-8-18(24)9-7-16)14-22-26-20(15-30-22)23(28)25-19-10-11-19/h2-9,15,19H,10-14H2,1H3,(H,25,28). The van der Waals surface area contributed by atoms with E-state index in [9.17, 15) is 9.18 Å². The van der Waals surface area contributed by atoms with Crippen molar-refractivity contribution in [2.75, 3.05) is 7.11 Å². The summed E-state index contributed by atoms with van der Waals surface area (Å²) in [4.78, 5) is 18.7. The van der Waals surface area contributed by atoms with Crippen LogP contribution >= 0.6 is 0 Å². The molecule has 4 rings (SSSR count). The number of carbonyl (C=O) groups is 1. The van der Waals surface area contributed by atoms with E-state index >= 15 is 0 Å². The molecule has 6 nitrogen and oxygen atoms in total. The molecule has 30 heavy (non-hydrogen) atoms. The van der Waals surface area contributed by atoms with Crippen LogP contribution in [0.5, 0.6) is 5.75 Å². The molecule has 3 aromatic rings. The van der Waals surface area contributed by atoms with Crippen LogP contribution in [0.1, 0.15) is 40.3 Å². The predicted molar refractivity (Wildman–Crippen MR) is 109 cm³/mol. The van der Waals surface area contributed by atoms with Gasteiger partial charge in [0, 0.05) is 24.7 Å². The molecular formula is C23H24FN3O3. The number of hydrogen-bond donors (Lipinski definition) is 1. The van der Waals surface area contributed by atoms with Crippen molar-refractivity contribution >= 4 is 5.91 Å². The third kappa shape index (κ3) is 5.24. The van der Waals surface area contributed by atoms with E-state index in [2.05, 4.69) is 15.2 Å². The van der Waals surface area contributed by atoms with Crippen LogP contribution in [0.15, 0.2) is 59.2 Å². The van der Waals surface area contributed by atoms with Gasteiger partial charge >= 0.3 is 0 Å². The highest BCUT2D eigenvalue weighted by atomic mass is 19.1. The quantitative estimate of drug-likeness (QED) is 0.580. The minimum Gasteiger partial charge on any atom is -0.496 e. The van der Waals surface area contributed by atoms with Gasteiger partial charge in [-0.2, -0.15) is 0 Å². The van der Waals surface area contributed by atoms with Crippen molar-refractivity contribution in [2.45, 2.75) is 38.5 Å². The maximum atomic E-state index is 13.3. The Morgan fingerprint density at radius 2 is 1.93 bits per heavy atom. The molecule has 156 valence electrons. The summed E-state index contributed by atoms with van der Waals surface area (Å²) < 4.78 is 24.3. The van der Waals surface area contributed by atoms with Gasteiger partial charge in [0.15, 0.2) is 5.69 Å². The van der Waals surface area contributed by atoms with Crippen LogP contribution in [0.3, 0.4) is 0 Å². The van der Waals surface area contributed by atoms with Crippen molar-refractivity contribution < 1.29 is 18.3 Å². The maximum Gasteiger partial charge on any atom is 0.273 e. The van der Waals surface area contributed by atoms with Gasteiger partial charge in [-0.15, -0.1) is 0 Å². The minimum absolute atomic E-state index is 0.206. The van der Waals surface area contributed by atoms with Gasteiger partial charge < -0.3 is 14.5 Å². The number of methoxy groups -OCH3 is 1. The second kappa shape index (κ2) is 9.09. The van der Waals surface area contributed by atoms with E-state index in [4.69, 9.17) is 9.15 Å². The van der Waals surface area contributed by atoms with Crippen LogP contribution < -0.4 is 10.1 Å². The first kappa shape index (κ1) is 20.1. The fourth-order valence-corrected chi connectivity index (χ4v) is 3.26. The van der Waals surface area contributed by atoms with E-state index in [-0.39, 0.29) is 23.5 Å². The number of carbonyl (C=O) groups excluding carboxylic acids is 1. The zero-order valence-electron chi connectivity index (χ0n) is 16.8. The fraction of sp³-hybridized carbons (Fsp3) is 0.304. The lowest BCUT2D eigenvalue weighted by atomic mass is 10.1. The molecule has 1 N–H and O–H groups in total. The van der Waals surface area contributed by atoms with Crippen molar-refractivity contribution in [1.82, 2.24) is 15.2 Å². The zero-order valence-corrected chi connectivity index (χ0v) is 16.8. The maximum absolute atomic E-state index is 13.3. The molecule has 1 heterocycles. The molecule has 0 spiro atoms. The van der Waals surface area contributed by atoms with Gasteiger partial charge in [0.25, 0.3) is 5.91 Å². The number of hydrogen-bond acceptors (Lipinski definition) is 5. The zero-order chi connectivity index (χ0) is 20.9. The topological polar surface area (TPSA) is 67.6 Å². The van der Waals surface area contributed by atoms with Crippen molar-refractivity contribution in [3.8, 4) is 5.75 Å². The summed E-state index contributed by atoms with van der Waals surface area (Å²) in [6, 6.07) is 14.5. The van der Waals surface area contributed by atoms with E-state index in [1.165, 1.54) is 18.4 Å². The largest absolute Gasteiger partial charge is 0.496 e. The predicted octanol–water partition coefficient (Wildman–Crippen LogP) is 3.92. The molecule has 0 aliphatic heterocycles. The monoisotopic (exact) mass is 409 g/mol. The SMILES string of the molecule is COc1ccccc1CN(Cc1ccc(F)cc1)Cc1nc(C(=O)NC2CC2)co1. The van der Waals surface area contributed by atoms with Gasteiger partial charge in [-0.25, -0.2) is 9.37 Å². The van der Waals surface area contributed by atoms with Crippen LogP contribution in [0.2, 0.25) is 0 Å². The molecule has 1 amide bonds. The first-order valence-corrected chi connectivity index (χ1v) is 9.94. The van der Waals surface area contributed by atoms with Crippen molar-refractivity contribution in [2.24, 2.45) is 0 Å². The van der Waals surface area contributed by atoms with Gasteiger partial charge in [0.2, 0.25) is 5.89 Å². The van der Waals surface area contributed by atoms with Crippen LogP contribution in [-0.2, 0) is 19.6 Å². The van der Waals surface area contributed by atoms with Crippen LogP contribution in [0, 0.1) is 5.82 Å². The number of aromatic nitrogens is 1. The number of halogens is 1. The smallest absolute Gasteiger partial charge is 0.273 e. The lowest BCUT2D eigenvalue weighted by molar-refractivity contribution is 0.0946. The van der Waals surface area contributed by atoms with Crippen LogP contribution in [0.4, 0.5) is 4.39 Å². The lowest BCUT2D eigenvalue weighted by Gasteiger charge is -2.22. The normalized spacial score (nSPS) is 13.4. The Morgan fingerprint density at radius 1 is 1.17 bits per heavy atom. The van der Waals surface area contributed by atoms with Gasteiger partial charge in [-0.3, -0.25) is 9.69 Å². The second-order valence-corrected chi connectivity index (χ2v) is 7.46. The average molecular weight is 409 g/mol. The van der Waals surface area contributed by atoms with Crippen molar-refractivity contribution in [1.29, 1.82) is 0 Å². The summed E-state index contributed by atoms with van der Waals surface area (Å²) in [6.45, 7) is 1.53. The summed E-state index contributed by atoms with van der Waals surface area (Å²) in [5.41, 5.74) is 2.26. The number of benzene rings is 2. The van der Waals surface area contributed by atoms with Gasteiger partial charge in [0.1, 0.15) is 17.8 Å². The first-order valence-electron chi connectivity index (χ1n) is 9.94. The van der Waals surface area contributed by atoms with E-state index in [1.54, 1.807) is 19.2 Å². The minimum atomic E-state index is -0.269. The molecule has 1 aliphatic rings. The van der Waals surface area contributed by atoms with E-state index in [0.29, 0.717) is 25.5 Å². The highest BCUT2D eigenvalue weighted by Crippen LogP contribution is 2.22. The highest BCUT2D eigenvalue weighted by molar-refractivity contribution is 5.92. The molecule has 1 fully saturated rings. The van der Waals surface area contributed by atoms with Gasteiger partial charge in [0.05, 0.1) is 13.7 Å². The Kier molecular flexibility index (Phi) is 6.09. The molecule has 7 heteroatoms. The molecule has 0 unspecified atom stereocenters. The summed E-state index contributed by atoms with van der Waals surface area (Å²) in [5.74, 6) is 0.767. The number of rotatable bonds is 9. The molecule has 0 radical (unpaired) electrons.